The van der Waals surface area contributed by atoms with Crippen LogP contribution < -0.4 is 16.0 Å². The van der Waals surface area contributed by atoms with Crippen molar-refractivity contribution < 1.29 is 9.53 Å². The van der Waals surface area contributed by atoms with Crippen molar-refractivity contribution in [1.82, 2.24) is 16.0 Å². The van der Waals surface area contributed by atoms with E-state index in [1.54, 1.807) is 7.05 Å². The monoisotopic (exact) mass is 324 g/mol. The van der Waals surface area contributed by atoms with Crippen LogP contribution in [0.1, 0.15) is 52.4 Å². The summed E-state index contributed by atoms with van der Waals surface area (Å²) in [6, 6.07) is 0.619. The number of hydrogen-bond acceptors (Lipinski definition) is 3. The van der Waals surface area contributed by atoms with Gasteiger partial charge >= 0.3 is 6.09 Å². The first-order valence-electron chi connectivity index (χ1n) is 9.02. The highest BCUT2D eigenvalue weighted by atomic mass is 16.5. The van der Waals surface area contributed by atoms with Crippen molar-refractivity contribution in [1.29, 1.82) is 0 Å². The number of nitrogens with zero attached hydrogens (tertiary/aromatic N) is 1. The zero-order valence-electron chi connectivity index (χ0n) is 14.7. The molecule has 0 spiro atoms. The van der Waals surface area contributed by atoms with Crippen molar-refractivity contribution >= 4 is 12.1 Å². The van der Waals surface area contributed by atoms with Gasteiger partial charge in [0.25, 0.3) is 0 Å². The van der Waals surface area contributed by atoms with E-state index in [1.807, 2.05) is 6.92 Å². The maximum absolute atomic E-state index is 11.6. The van der Waals surface area contributed by atoms with Crippen LogP contribution >= 0.6 is 0 Å². The van der Waals surface area contributed by atoms with Crippen LogP contribution in [0, 0.1) is 11.8 Å². The zero-order valence-corrected chi connectivity index (χ0v) is 14.7. The summed E-state index contributed by atoms with van der Waals surface area (Å²) in [6.07, 6.45) is 6.99. The first-order chi connectivity index (χ1) is 11.1. The van der Waals surface area contributed by atoms with E-state index in [4.69, 9.17) is 4.74 Å². The van der Waals surface area contributed by atoms with Crippen molar-refractivity contribution in [3.8, 4) is 0 Å². The fraction of sp³-hybridized carbons (Fsp3) is 0.882. The largest absolute Gasteiger partial charge is 0.450 e. The Kier molecular flexibility index (Phi) is 6.99. The molecule has 2 aliphatic rings. The van der Waals surface area contributed by atoms with Gasteiger partial charge in [-0.05, 0) is 57.3 Å². The minimum atomic E-state index is -0.324. The molecule has 6 nitrogen and oxygen atoms in total. The van der Waals surface area contributed by atoms with Crippen LogP contribution in [0.3, 0.4) is 0 Å². The number of ether oxygens (including phenoxy) is 1. The highest BCUT2D eigenvalue weighted by Gasteiger charge is 2.32. The van der Waals surface area contributed by atoms with Gasteiger partial charge in [0.15, 0.2) is 5.96 Å². The number of carbonyl (C=O) groups excluding carboxylic acids is 1. The highest BCUT2D eigenvalue weighted by Crippen LogP contribution is 2.32. The fourth-order valence-electron chi connectivity index (χ4n) is 3.16. The molecule has 132 valence electrons. The molecule has 2 fully saturated rings. The van der Waals surface area contributed by atoms with Crippen molar-refractivity contribution in [3.63, 3.8) is 0 Å². The second kappa shape index (κ2) is 8.99. The Hall–Kier alpha value is -1.46. The fourth-order valence-corrected chi connectivity index (χ4v) is 3.16. The lowest BCUT2D eigenvalue weighted by atomic mass is 9.87. The maximum Gasteiger partial charge on any atom is 0.407 e. The molecule has 0 aromatic carbocycles. The normalized spacial score (nSPS) is 26.3. The first kappa shape index (κ1) is 17.9. The van der Waals surface area contributed by atoms with E-state index >= 15 is 0 Å². The predicted octanol–water partition coefficient (Wildman–Crippen LogP) is 2.25. The maximum atomic E-state index is 11.6. The number of nitrogens with one attached hydrogen (secondary N) is 3. The molecule has 0 saturated heterocycles. The number of hydrogen-bond donors (Lipinski definition) is 3. The minimum absolute atomic E-state index is 0.110. The van der Waals surface area contributed by atoms with E-state index in [1.165, 1.54) is 38.5 Å². The summed E-state index contributed by atoms with van der Waals surface area (Å²) in [6.45, 7) is 5.23. The summed E-state index contributed by atoms with van der Waals surface area (Å²) in [5, 5.41) is 9.84. The van der Waals surface area contributed by atoms with E-state index in [-0.39, 0.29) is 12.1 Å². The molecule has 0 aliphatic heterocycles. The Balaban J connectivity index is 1.75. The summed E-state index contributed by atoms with van der Waals surface area (Å²) in [7, 11) is 1.80. The Labute approximate surface area is 139 Å². The number of amides is 1. The van der Waals surface area contributed by atoms with E-state index in [0.717, 1.165) is 11.9 Å². The molecule has 2 saturated carbocycles. The molecule has 0 heterocycles. The molecule has 1 atom stereocenters. The van der Waals surface area contributed by atoms with Gasteiger partial charge in [0.05, 0.1) is 12.6 Å². The summed E-state index contributed by atoms with van der Waals surface area (Å²) >= 11 is 0. The Morgan fingerprint density at radius 3 is 2.48 bits per heavy atom. The van der Waals surface area contributed by atoms with Crippen LogP contribution in [0.5, 0.6) is 0 Å². The average molecular weight is 324 g/mol. The van der Waals surface area contributed by atoms with E-state index < -0.39 is 0 Å². The summed E-state index contributed by atoms with van der Waals surface area (Å²) in [4.78, 5) is 16.0. The minimum Gasteiger partial charge on any atom is -0.450 e. The lowest BCUT2D eigenvalue weighted by Crippen LogP contribution is -2.50. The Bertz CT molecular complexity index is 401. The predicted molar refractivity (Wildman–Crippen MR) is 92.6 cm³/mol. The second-order valence-electron chi connectivity index (χ2n) is 6.86. The lowest BCUT2D eigenvalue weighted by Gasteiger charge is -2.29. The van der Waals surface area contributed by atoms with Crippen molar-refractivity contribution in [2.45, 2.75) is 64.5 Å². The van der Waals surface area contributed by atoms with Gasteiger partial charge in [-0.15, -0.1) is 0 Å². The number of aliphatic imine (C=N–C) groups is 1. The molecule has 0 aromatic rings. The lowest BCUT2D eigenvalue weighted by molar-refractivity contribution is 0.146. The van der Waals surface area contributed by atoms with Gasteiger partial charge in [-0.1, -0.05) is 6.92 Å². The van der Waals surface area contributed by atoms with Gasteiger partial charge < -0.3 is 20.7 Å². The molecule has 3 N–H and O–H groups in total. The summed E-state index contributed by atoms with van der Waals surface area (Å²) < 4.78 is 4.99. The van der Waals surface area contributed by atoms with Gasteiger partial charge in [-0.25, -0.2) is 4.79 Å². The number of rotatable bonds is 6. The molecule has 0 bridgehead atoms. The number of guanidine groups is 1. The zero-order chi connectivity index (χ0) is 16.7. The molecule has 2 aliphatic carbocycles. The van der Waals surface area contributed by atoms with Gasteiger partial charge in [-0.2, -0.15) is 0 Å². The number of carbonyl (C=O) groups is 1. The van der Waals surface area contributed by atoms with Crippen LogP contribution in [0.25, 0.3) is 0 Å². The molecule has 1 unspecified atom stereocenters. The second-order valence-corrected chi connectivity index (χ2v) is 6.86. The summed E-state index contributed by atoms with van der Waals surface area (Å²) in [5.41, 5.74) is 0. The van der Waals surface area contributed by atoms with Crippen LogP contribution in [0.4, 0.5) is 4.79 Å². The quantitative estimate of drug-likeness (QED) is 0.517. The highest BCUT2D eigenvalue weighted by molar-refractivity contribution is 5.80. The third-order valence-electron chi connectivity index (χ3n) is 4.84. The van der Waals surface area contributed by atoms with E-state index in [2.05, 4.69) is 27.9 Å². The Morgan fingerprint density at radius 1 is 1.22 bits per heavy atom. The topological polar surface area (TPSA) is 74.8 Å². The van der Waals surface area contributed by atoms with Crippen LogP contribution in [0.2, 0.25) is 0 Å². The van der Waals surface area contributed by atoms with Gasteiger partial charge in [0.1, 0.15) is 0 Å². The van der Waals surface area contributed by atoms with Crippen molar-refractivity contribution in [2.24, 2.45) is 16.8 Å². The first-order valence-corrected chi connectivity index (χ1v) is 9.02. The Morgan fingerprint density at radius 2 is 1.91 bits per heavy atom. The third kappa shape index (κ3) is 6.28. The van der Waals surface area contributed by atoms with Gasteiger partial charge in [-0.3, -0.25) is 4.99 Å². The molecule has 0 radical (unpaired) electrons. The SMILES string of the molecule is CCOC(=O)NC(CNC(=NC)NC1CCC(C)CC1)C1CC1. The van der Waals surface area contributed by atoms with Crippen molar-refractivity contribution in [3.05, 3.63) is 0 Å². The van der Waals surface area contributed by atoms with Crippen LogP contribution in [0.15, 0.2) is 4.99 Å². The summed E-state index contributed by atoms with van der Waals surface area (Å²) in [5.74, 6) is 2.23. The van der Waals surface area contributed by atoms with E-state index in [9.17, 15) is 4.79 Å². The molecular formula is C17H32N4O2. The van der Waals surface area contributed by atoms with Crippen LogP contribution in [-0.2, 0) is 4.74 Å². The average Bonchev–Trinajstić information content (AvgIpc) is 3.37. The third-order valence-corrected chi connectivity index (χ3v) is 4.84. The van der Waals surface area contributed by atoms with Crippen LogP contribution in [-0.4, -0.2) is 44.3 Å². The smallest absolute Gasteiger partial charge is 0.407 e. The molecule has 1 amide bonds. The molecule has 0 aromatic heterocycles. The standard InChI is InChI=1S/C17H32N4O2/c1-4-23-17(22)21-15(13-7-8-13)11-19-16(18-3)20-14-9-5-12(2)6-10-14/h12-15H,4-11H2,1-3H3,(H,21,22)(H2,18,19,20). The molecular weight excluding hydrogens is 292 g/mol. The molecule has 23 heavy (non-hydrogen) atoms. The van der Waals surface area contributed by atoms with E-state index in [0.29, 0.717) is 25.1 Å². The number of alkyl carbamates (subject to hydrolysis) is 1. The van der Waals surface area contributed by atoms with Gasteiger partial charge in [0.2, 0.25) is 0 Å². The van der Waals surface area contributed by atoms with Crippen molar-refractivity contribution in [2.75, 3.05) is 20.2 Å². The van der Waals surface area contributed by atoms with Gasteiger partial charge in [0, 0.05) is 19.6 Å². The molecule has 6 heteroatoms. The molecule has 2 rings (SSSR count).